The molecule has 0 atom stereocenters. The van der Waals surface area contributed by atoms with Crippen molar-refractivity contribution in [3.05, 3.63) is 59.7 Å². The fraction of sp³-hybridized carbons (Fsp3) is 0.176. The van der Waals surface area contributed by atoms with E-state index < -0.39 is 11.7 Å². The summed E-state index contributed by atoms with van der Waals surface area (Å²) in [6.07, 6.45) is 1.97. The molecule has 0 aliphatic carbocycles. The molecule has 1 aromatic carbocycles. The third kappa shape index (κ3) is 3.32. The van der Waals surface area contributed by atoms with Crippen molar-refractivity contribution >= 4 is 11.6 Å². The number of carbonyl (C=O) groups excluding carboxylic acids is 1. The number of hydrogen-bond acceptors (Lipinski definition) is 5. The van der Waals surface area contributed by atoms with Gasteiger partial charge < -0.3 is 10.1 Å². The first kappa shape index (κ1) is 16.6. The Kier molecular flexibility index (Phi) is 4.69. The number of hydrogen-bond donors (Lipinski definition) is 1. The predicted octanol–water partition coefficient (Wildman–Crippen LogP) is 2.62. The lowest BCUT2D eigenvalue weighted by atomic mass is 10.2. The Morgan fingerprint density at radius 2 is 2.04 bits per heavy atom. The molecule has 2 heterocycles. The third-order valence-corrected chi connectivity index (χ3v) is 3.62. The number of methoxy groups -OCH3 is 1. The number of para-hydroxylation sites is 1. The molecule has 1 N–H and O–H groups in total. The third-order valence-electron chi connectivity index (χ3n) is 3.62. The lowest BCUT2D eigenvalue weighted by molar-refractivity contribution is 0.102. The van der Waals surface area contributed by atoms with Gasteiger partial charge in [-0.2, -0.15) is 5.10 Å². The van der Waals surface area contributed by atoms with E-state index in [1.807, 2.05) is 6.92 Å². The summed E-state index contributed by atoms with van der Waals surface area (Å²) in [5, 5.41) is 14.7. The van der Waals surface area contributed by atoms with E-state index in [9.17, 15) is 9.18 Å². The lowest BCUT2D eigenvalue weighted by Gasteiger charge is -2.08. The number of ether oxygens (including phenoxy) is 1. The second-order valence-corrected chi connectivity index (χ2v) is 5.14. The molecule has 0 saturated heterocycles. The van der Waals surface area contributed by atoms with Crippen molar-refractivity contribution < 1.29 is 13.9 Å². The van der Waals surface area contributed by atoms with E-state index in [0.717, 1.165) is 0 Å². The van der Waals surface area contributed by atoms with Gasteiger partial charge in [0.05, 0.1) is 30.3 Å². The molecule has 0 fully saturated rings. The molecule has 0 aliphatic rings. The Balaban J connectivity index is 1.91. The number of benzene rings is 1. The summed E-state index contributed by atoms with van der Waals surface area (Å²) in [5.41, 5.74) is 1.11. The first-order valence-corrected chi connectivity index (χ1v) is 7.65. The van der Waals surface area contributed by atoms with Gasteiger partial charge in [-0.05, 0) is 24.6 Å². The van der Waals surface area contributed by atoms with Gasteiger partial charge in [0.15, 0.2) is 5.82 Å². The van der Waals surface area contributed by atoms with Crippen LogP contribution < -0.4 is 10.1 Å². The molecule has 0 saturated carbocycles. The highest BCUT2D eigenvalue weighted by molar-refractivity contribution is 6.05. The van der Waals surface area contributed by atoms with Crippen molar-refractivity contribution in [3.8, 4) is 11.7 Å². The SMILES string of the molecule is CCc1c(C(=O)Nc2ccccc2F)cnn1-c1ccc(OC)nn1. The Hall–Kier alpha value is -3.29. The highest BCUT2D eigenvalue weighted by atomic mass is 19.1. The predicted molar refractivity (Wildman–Crippen MR) is 89.4 cm³/mol. The van der Waals surface area contributed by atoms with E-state index in [1.54, 1.807) is 24.3 Å². The van der Waals surface area contributed by atoms with Crippen LogP contribution in [0.15, 0.2) is 42.6 Å². The Bertz CT molecular complexity index is 892. The Morgan fingerprint density at radius 1 is 1.24 bits per heavy atom. The zero-order chi connectivity index (χ0) is 17.8. The van der Waals surface area contributed by atoms with Crippen LogP contribution in [0, 0.1) is 5.82 Å². The summed E-state index contributed by atoms with van der Waals surface area (Å²) in [6, 6.07) is 9.34. The van der Waals surface area contributed by atoms with Crippen LogP contribution in [0.2, 0.25) is 0 Å². The summed E-state index contributed by atoms with van der Waals surface area (Å²) >= 11 is 0. The number of halogens is 1. The van der Waals surface area contributed by atoms with E-state index in [1.165, 1.54) is 30.1 Å². The minimum absolute atomic E-state index is 0.117. The van der Waals surface area contributed by atoms with E-state index >= 15 is 0 Å². The van der Waals surface area contributed by atoms with E-state index in [0.29, 0.717) is 29.4 Å². The van der Waals surface area contributed by atoms with E-state index in [-0.39, 0.29) is 5.69 Å². The zero-order valence-corrected chi connectivity index (χ0v) is 13.7. The van der Waals surface area contributed by atoms with E-state index in [2.05, 4.69) is 20.6 Å². The van der Waals surface area contributed by atoms with Crippen LogP contribution in [-0.2, 0) is 6.42 Å². The van der Waals surface area contributed by atoms with Crippen LogP contribution >= 0.6 is 0 Å². The molecule has 0 unspecified atom stereocenters. The minimum atomic E-state index is -0.498. The van der Waals surface area contributed by atoms with Crippen LogP contribution in [0.4, 0.5) is 10.1 Å². The molecule has 0 aliphatic heterocycles. The molecule has 2 aromatic heterocycles. The second-order valence-electron chi connectivity index (χ2n) is 5.14. The smallest absolute Gasteiger partial charge is 0.259 e. The number of aromatic nitrogens is 4. The van der Waals surface area contributed by atoms with Crippen LogP contribution in [0.1, 0.15) is 23.0 Å². The highest BCUT2D eigenvalue weighted by Gasteiger charge is 2.19. The van der Waals surface area contributed by atoms with Crippen molar-refractivity contribution in [2.45, 2.75) is 13.3 Å². The van der Waals surface area contributed by atoms with Gasteiger partial charge in [-0.25, -0.2) is 9.07 Å². The van der Waals surface area contributed by atoms with Crippen LogP contribution in [0.5, 0.6) is 5.88 Å². The van der Waals surface area contributed by atoms with Gasteiger partial charge in [0.25, 0.3) is 5.91 Å². The molecule has 3 rings (SSSR count). The number of nitrogens with one attached hydrogen (secondary N) is 1. The van der Waals surface area contributed by atoms with Gasteiger partial charge in [0.2, 0.25) is 5.88 Å². The fourth-order valence-corrected chi connectivity index (χ4v) is 2.39. The number of nitrogens with zero attached hydrogens (tertiary/aromatic N) is 4. The Morgan fingerprint density at radius 3 is 2.68 bits per heavy atom. The largest absolute Gasteiger partial charge is 0.480 e. The number of anilines is 1. The number of amides is 1. The van der Waals surface area contributed by atoms with Crippen molar-refractivity contribution in [2.24, 2.45) is 0 Å². The molecule has 0 spiro atoms. The number of rotatable bonds is 5. The Labute approximate surface area is 143 Å². The molecule has 7 nitrogen and oxygen atoms in total. The average Bonchev–Trinajstić information content (AvgIpc) is 3.08. The molecule has 3 aromatic rings. The molecule has 0 radical (unpaired) electrons. The van der Waals surface area contributed by atoms with Crippen molar-refractivity contribution in [1.82, 2.24) is 20.0 Å². The van der Waals surface area contributed by atoms with E-state index in [4.69, 9.17) is 4.74 Å². The molecule has 1 amide bonds. The van der Waals surface area contributed by atoms with Gasteiger partial charge in [-0.15, -0.1) is 10.2 Å². The summed E-state index contributed by atoms with van der Waals surface area (Å²) in [4.78, 5) is 12.5. The molecule has 0 bridgehead atoms. The summed E-state index contributed by atoms with van der Waals surface area (Å²) < 4.78 is 20.2. The normalized spacial score (nSPS) is 10.5. The maximum Gasteiger partial charge on any atom is 0.259 e. The first-order chi connectivity index (χ1) is 12.1. The van der Waals surface area contributed by atoms with Crippen molar-refractivity contribution in [3.63, 3.8) is 0 Å². The maximum atomic E-state index is 13.7. The van der Waals surface area contributed by atoms with Crippen LogP contribution in [0.25, 0.3) is 5.82 Å². The summed E-state index contributed by atoms with van der Waals surface area (Å²) in [6.45, 7) is 1.89. The van der Waals surface area contributed by atoms with Gasteiger partial charge in [-0.3, -0.25) is 4.79 Å². The fourth-order valence-electron chi connectivity index (χ4n) is 2.39. The topological polar surface area (TPSA) is 81.9 Å². The monoisotopic (exact) mass is 341 g/mol. The quantitative estimate of drug-likeness (QED) is 0.771. The van der Waals surface area contributed by atoms with Gasteiger partial charge in [-0.1, -0.05) is 19.1 Å². The summed E-state index contributed by atoms with van der Waals surface area (Å²) in [7, 11) is 1.50. The molecule has 8 heteroatoms. The number of carbonyl (C=O) groups is 1. The molecule has 128 valence electrons. The first-order valence-electron chi connectivity index (χ1n) is 7.65. The molecular formula is C17H16FN5O2. The average molecular weight is 341 g/mol. The standard InChI is InChI=1S/C17H16FN5O2/c1-3-14-11(17(24)20-13-7-5-4-6-12(13)18)10-19-23(14)15-8-9-16(25-2)22-21-15/h4-10H,3H2,1-2H3,(H,20,24). The van der Waals surface area contributed by atoms with Gasteiger partial charge in [0, 0.05) is 6.07 Å². The van der Waals surface area contributed by atoms with Gasteiger partial charge >= 0.3 is 0 Å². The van der Waals surface area contributed by atoms with Crippen molar-refractivity contribution in [1.29, 1.82) is 0 Å². The van der Waals surface area contributed by atoms with Gasteiger partial charge in [0.1, 0.15) is 5.82 Å². The van der Waals surface area contributed by atoms with Crippen LogP contribution in [0.3, 0.4) is 0 Å². The molecule has 25 heavy (non-hydrogen) atoms. The highest BCUT2D eigenvalue weighted by Crippen LogP contribution is 2.18. The maximum absolute atomic E-state index is 13.7. The summed E-state index contributed by atoms with van der Waals surface area (Å²) in [5.74, 6) is -0.0916. The minimum Gasteiger partial charge on any atom is -0.480 e. The zero-order valence-electron chi connectivity index (χ0n) is 13.7. The van der Waals surface area contributed by atoms with Crippen LogP contribution in [-0.4, -0.2) is 33.0 Å². The second kappa shape index (κ2) is 7.08. The van der Waals surface area contributed by atoms with Crippen molar-refractivity contribution in [2.75, 3.05) is 12.4 Å². The lowest BCUT2D eigenvalue weighted by Crippen LogP contribution is -2.15. The molecular weight excluding hydrogens is 325 g/mol.